The minimum absolute atomic E-state index is 0.0335. The van der Waals surface area contributed by atoms with Crippen molar-refractivity contribution in [2.75, 3.05) is 26.2 Å². The number of esters is 2. The number of unbranched alkanes of at least 4 members (excludes halogenated alkanes) is 4. The van der Waals surface area contributed by atoms with Crippen LogP contribution in [0.1, 0.15) is 126 Å². The van der Waals surface area contributed by atoms with Crippen LogP contribution in [0.15, 0.2) is 41.2 Å². The minimum Gasteiger partial charge on any atom is -0.480 e. The van der Waals surface area contributed by atoms with Crippen molar-refractivity contribution in [1.82, 2.24) is 30.8 Å². The maximum Gasteiger partial charge on any atom is 0.355 e. The monoisotopic (exact) mass is 975 g/mol. The average Bonchev–Trinajstić information content (AvgIpc) is 3.70. The molecule has 0 aliphatic carbocycles. The highest BCUT2D eigenvalue weighted by Crippen LogP contribution is 2.41. The number of hydrogen-bond donors (Lipinski definition) is 9. The number of nitrogens with zero attached hydrogens (tertiary/aromatic N) is 2. The lowest BCUT2D eigenvalue weighted by Gasteiger charge is -2.35. The van der Waals surface area contributed by atoms with Crippen LogP contribution >= 0.6 is 0 Å². The van der Waals surface area contributed by atoms with Crippen molar-refractivity contribution in [3.63, 3.8) is 0 Å². The third-order valence-electron chi connectivity index (χ3n) is 12.8. The predicted octanol–water partition coefficient (Wildman–Crippen LogP) is 1.34. The van der Waals surface area contributed by atoms with Crippen LogP contribution in [0.3, 0.4) is 0 Å². The molecule has 3 aromatic rings. The summed E-state index contributed by atoms with van der Waals surface area (Å²) in [6.45, 7) is 2.97. The molecule has 382 valence electrons. The number of aliphatic carboxylic acids is 1. The molecule has 1 aromatic carbocycles. The fraction of sp³-hybridized carbons (Fsp3) is 0.571. The van der Waals surface area contributed by atoms with Crippen molar-refractivity contribution in [1.29, 1.82) is 0 Å². The van der Waals surface area contributed by atoms with Crippen molar-refractivity contribution in [2.24, 2.45) is 22.9 Å². The molecule has 4 amide bonds. The van der Waals surface area contributed by atoms with Gasteiger partial charge in [0.15, 0.2) is 0 Å². The van der Waals surface area contributed by atoms with Crippen LogP contribution in [0.4, 0.5) is 0 Å². The van der Waals surface area contributed by atoms with Gasteiger partial charge in [0.2, 0.25) is 29.2 Å². The Morgan fingerprint density at radius 2 is 1.26 bits per heavy atom. The van der Waals surface area contributed by atoms with Crippen LogP contribution in [0.25, 0.3) is 22.3 Å². The Kier molecular flexibility index (Phi) is 20.8. The van der Waals surface area contributed by atoms with Crippen LogP contribution in [0.5, 0.6) is 0 Å². The second-order valence-corrected chi connectivity index (χ2v) is 17.9. The van der Waals surface area contributed by atoms with Crippen molar-refractivity contribution < 1.29 is 48.1 Å². The van der Waals surface area contributed by atoms with Gasteiger partial charge in [-0.1, -0.05) is 25.1 Å². The van der Waals surface area contributed by atoms with Gasteiger partial charge >= 0.3 is 17.9 Å². The molecule has 0 unspecified atom stereocenters. The van der Waals surface area contributed by atoms with E-state index in [1.807, 2.05) is 30.3 Å². The summed E-state index contributed by atoms with van der Waals surface area (Å²) in [5.41, 5.74) is 23.5. The van der Waals surface area contributed by atoms with Gasteiger partial charge in [0, 0.05) is 29.4 Å². The lowest BCUT2D eigenvalue weighted by atomic mass is 9.85. The number of carboxylic acid groups (broad SMARTS) is 1. The Labute approximate surface area is 406 Å². The quantitative estimate of drug-likeness (QED) is 0.0263. The van der Waals surface area contributed by atoms with Crippen LogP contribution < -0.4 is 49.8 Å². The number of rotatable bonds is 30. The Hall–Kier alpha value is -6.29. The number of nitrogens with two attached hydrogens (primary N) is 4. The number of ether oxygens (including phenoxy) is 2. The van der Waals surface area contributed by atoms with Gasteiger partial charge in [-0.3, -0.25) is 28.8 Å². The summed E-state index contributed by atoms with van der Waals surface area (Å²) in [7, 11) is 0. The number of carbonyl (C=O) groups excluding carboxylic acids is 6. The van der Waals surface area contributed by atoms with E-state index in [9.17, 15) is 43.5 Å². The van der Waals surface area contributed by atoms with E-state index in [-0.39, 0.29) is 81.2 Å². The highest BCUT2D eigenvalue weighted by molar-refractivity contribution is 5.95. The third kappa shape index (κ3) is 13.9. The van der Waals surface area contributed by atoms with E-state index in [0.717, 1.165) is 16.5 Å². The van der Waals surface area contributed by atoms with Gasteiger partial charge in [0.25, 0.3) is 5.56 Å². The van der Waals surface area contributed by atoms with Crippen LogP contribution in [0.2, 0.25) is 0 Å². The van der Waals surface area contributed by atoms with Gasteiger partial charge in [0.1, 0.15) is 30.8 Å². The zero-order chi connectivity index (χ0) is 50.8. The first-order valence-electron chi connectivity index (χ1n) is 24.5. The molecule has 2 aromatic heterocycles. The first-order valence-corrected chi connectivity index (χ1v) is 24.5. The van der Waals surface area contributed by atoms with Crippen molar-refractivity contribution in [3.8, 4) is 11.4 Å². The number of pyridine rings is 2. The molecule has 2 aliphatic rings. The van der Waals surface area contributed by atoms with E-state index in [2.05, 4.69) is 21.3 Å². The lowest BCUT2D eigenvalue weighted by molar-refractivity contribution is -0.189. The lowest BCUT2D eigenvalue weighted by Crippen LogP contribution is -2.57. The molecule has 21 nitrogen and oxygen atoms in total. The molecule has 13 N–H and O–H groups in total. The van der Waals surface area contributed by atoms with Gasteiger partial charge in [-0.25, -0.2) is 14.6 Å². The standard InChI is InChI=1S/C49H70N10O11/c1-2-49(33-27-39-42-31(26-30-14-3-4-15-34(30)55-42)28-59(39)46(65)32(33)29-69-48(49)68)70-41(61)21-13-20-40(60)54-35(16-5-9-22-50)43(62)56-36(17-6-10-23-51)44(63)57-37(18-7-11-24-52)45(64)58-38(47(66)67)19-8-12-25-53/h3-4,14-15,26-27,35-38H,2,5-13,16-25,28-29,50-53H2,1H3,(H,54,60)(H,56,62)(H,57,63)(H,58,64)(H,66,67)/t35-,36-,37-,38-,49+/m0/s1. The molecule has 0 saturated carbocycles. The highest BCUT2D eigenvalue weighted by atomic mass is 16.6. The van der Waals surface area contributed by atoms with Gasteiger partial charge in [-0.15, -0.1) is 0 Å². The smallest absolute Gasteiger partial charge is 0.355 e. The van der Waals surface area contributed by atoms with Crippen LogP contribution in [-0.4, -0.2) is 107 Å². The number of cyclic esters (lactones) is 1. The van der Waals surface area contributed by atoms with Crippen LogP contribution in [-0.2, 0) is 61.8 Å². The first kappa shape index (κ1) is 54.6. The van der Waals surface area contributed by atoms with Gasteiger partial charge in [-0.2, -0.15) is 0 Å². The predicted molar refractivity (Wildman–Crippen MR) is 259 cm³/mol. The number of nitrogens with one attached hydrogen (secondary N) is 4. The van der Waals surface area contributed by atoms with E-state index < -0.39 is 71.3 Å². The van der Waals surface area contributed by atoms with Gasteiger partial charge < -0.3 is 63.3 Å². The second-order valence-electron chi connectivity index (χ2n) is 17.9. The zero-order valence-electron chi connectivity index (χ0n) is 40.1. The Balaban J connectivity index is 1.25. The molecule has 21 heteroatoms. The van der Waals surface area contributed by atoms with Crippen molar-refractivity contribution in [2.45, 2.75) is 153 Å². The SMILES string of the molecule is CC[C@]1(OC(=O)CCCC(=O)N[C@@H](CCCCN)C(=O)N[C@@H](CCCCN)C(=O)N[C@@H](CCCCN)C(=O)N[C@@H](CCCCN)C(=O)O)C(=O)OCc2c1cc1n(c2=O)Cc2cc3ccccc3nc2-1. The van der Waals surface area contributed by atoms with E-state index in [1.165, 1.54) is 0 Å². The summed E-state index contributed by atoms with van der Waals surface area (Å²) in [5.74, 6) is -5.48. The molecule has 5 atom stereocenters. The third-order valence-corrected chi connectivity index (χ3v) is 12.8. The number of para-hydroxylation sites is 1. The molecule has 2 aliphatic heterocycles. The van der Waals surface area contributed by atoms with E-state index in [1.54, 1.807) is 17.6 Å². The summed E-state index contributed by atoms with van der Waals surface area (Å²) in [6, 6.07) is 6.62. The zero-order valence-corrected chi connectivity index (χ0v) is 40.1. The summed E-state index contributed by atoms with van der Waals surface area (Å²) in [4.78, 5) is 113. The minimum atomic E-state index is -1.93. The molecule has 70 heavy (non-hydrogen) atoms. The first-order chi connectivity index (χ1) is 33.7. The molecular weight excluding hydrogens is 905 g/mol. The normalized spacial score (nSPS) is 16.4. The van der Waals surface area contributed by atoms with E-state index >= 15 is 0 Å². The van der Waals surface area contributed by atoms with Gasteiger partial charge in [-0.05, 0) is 134 Å². The van der Waals surface area contributed by atoms with Crippen molar-refractivity contribution >= 4 is 52.4 Å². The molecule has 0 radical (unpaired) electrons. The Morgan fingerprint density at radius 3 is 1.80 bits per heavy atom. The number of amides is 4. The molecular formula is C49H70N10O11. The molecule has 0 spiro atoms. The van der Waals surface area contributed by atoms with Crippen molar-refractivity contribution in [3.05, 3.63) is 63.4 Å². The molecule has 5 rings (SSSR count). The maximum absolute atomic E-state index is 13.9. The fourth-order valence-electron chi connectivity index (χ4n) is 8.84. The summed E-state index contributed by atoms with van der Waals surface area (Å²) in [5, 5.41) is 21.4. The fourth-order valence-corrected chi connectivity index (χ4v) is 8.84. The summed E-state index contributed by atoms with van der Waals surface area (Å²) < 4.78 is 13.0. The maximum atomic E-state index is 13.9. The largest absolute Gasteiger partial charge is 0.480 e. The summed E-state index contributed by atoms with van der Waals surface area (Å²) in [6.07, 6.45) is 3.99. The Morgan fingerprint density at radius 1 is 0.729 bits per heavy atom. The number of carboxylic acids is 1. The molecule has 0 saturated heterocycles. The summed E-state index contributed by atoms with van der Waals surface area (Å²) >= 11 is 0. The van der Waals surface area contributed by atoms with Crippen LogP contribution in [0, 0.1) is 0 Å². The number of fused-ring (bicyclic) bond motifs is 5. The second kappa shape index (κ2) is 26.6. The number of aromatic nitrogens is 2. The topological polar surface area (TPSA) is 345 Å². The number of benzene rings is 1. The van der Waals surface area contributed by atoms with E-state index in [0.29, 0.717) is 88.9 Å². The molecule has 4 heterocycles. The Bertz CT molecular complexity index is 2410. The van der Waals surface area contributed by atoms with Gasteiger partial charge in [0.05, 0.1) is 29.0 Å². The highest BCUT2D eigenvalue weighted by Gasteiger charge is 2.50. The number of hydrogen-bond acceptors (Lipinski definition) is 15. The average molecular weight is 975 g/mol. The number of carbonyl (C=O) groups is 7. The van der Waals surface area contributed by atoms with E-state index in [4.69, 9.17) is 37.4 Å². The molecule has 0 fully saturated rings. The molecule has 0 bridgehead atoms.